The zero-order chi connectivity index (χ0) is 21.0. The van der Waals surface area contributed by atoms with E-state index >= 15 is 0 Å². The molecule has 6 N–H and O–H groups in total. The molecule has 1 atom stereocenters. The minimum Gasteiger partial charge on any atom is -0.448 e. The molecule has 1 rings (SSSR count). The average molecular weight is 713 g/mol. The molecule has 0 spiro atoms. The Morgan fingerprint density at radius 1 is 0.852 bits per heavy atom. The van der Waals surface area contributed by atoms with Crippen molar-refractivity contribution in [2.24, 2.45) is 23.1 Å². The zero-order valence-electron chi connectivity index (χ0n) is 14.5. The maximum Gasteiger partial charge on any atom is 0.341 e. The van der Waals surface area contributed by atoms with Gasteiger partial charge in [-0.05, 0) is 84.8 Å². The Hall–Kier alpha value is -0.710. The fraction of sp³-hybridized carbons (Fsp3) is 0.375. The molecule has 0 aromatic heterocycles. The Balaban J connectivity index is 3.60. The van der Waals surface area contributed by atoms with Crippen molar-refractivity contribution in [3.63, 3.8) is 0 Å². The van der Waals surface area contributed by atoms with Crippen LogP contribution < -0.4 is 17.2 Å². The van der Waals surface area contributed by atoms with Crippen LogP contribution in [0.2, 0.25) is 0 Å². The first kappa shape index (κ1) is 24.3. The third-order valence-corrected chi connectivity index (χ3v) is 7.21. The fourth-order valence-corrected chi connectivity index (χ4v) is 6.68. The van der Waals surface area contributed by atoms with Gasteiger partial charge in [-0.1, -0.05) is 13.8 Å². The Labute approximate surface area is 197 Å². The molecule has 27 heavy (non-hydrogen) atoms. The lowest BCUT2D eigenvalue weighted by Gasteiger charge is -2.21. The molecular weight excluding hydrogens is 695 g/mol. The second kappa shape index (κ2) is 10.2. The summed E-state index contributed by atoms with van der Waals surface area (Å²) < 4.78 is 6.88. The van der Waals surface area contributed by atoms with Gasteiger partial charge in [-0.3, -0.25) is 14.4 Å². The minimum absolute atomic E-state index is 0.122. The van der Waals surface area contributed by atoms with Crippen molar-refractivity contribution in [3.05, 3.63) is 27.4 Å². The van der Waals surface area contributed by atoms with Crippen LogP contribution in [0.25, 0.3) is 0 Å². The van der Waals surface area contributed by atoms with Crippen LogP contribution in [0.5, 0.6) is 0 Å². The van der Waals surface area contributed by atoms with E-state index in [0.717, 1.165) is 0 Å². The molecule has 0 radical (unpaired) electrons. The average Bonchev–Trinajstić information content (AvgIpc) is 2.52. The third-order valence-electron chi connectivity index (χ3n) is 3.52. The Morgan fingerprint density at radius 3 is 1.56 bits per heavy atom. The number of hydrogen-bond donors (Lipinski definition) is 3. The number of benzene rings is 1. The molecule has 11 heteroatoms. The topological polar surface area (TPSA) is 156 Å². The molecule has 0 aliphatic carbocycles. The van der Waals surface area contributed by atoms with E-state index in [4.69, 9.17) is 21.9 Å². The highest BCUT2D eigenvalue weighted by atomic mass is 127. The summed E-state index contributed by atoms with van der Waals surface area (Å²) in [7, 11) is 0. The number of ether oxygens (including phenoxy) is 1. The van der Waals surface area contributed by atoms with E-state index < -0.39 is 29.8 Å². The number of halogens is 3. The molecule has 148 valence electrons. The van der Waals surface area contributed by atoms with Crippen molar-refractivity contribution in [1.82, 2.24) is 0 Å². The molecule has 0 aliphatic heterocycles. The van der Waals surface area contributed by atoms with Gasteiger partial charge in [0.1, 0.15) is 0 Å². The number of rotatable bonds is 8. The maximum atomic E-state index is 12.8. The fourth-order valence-electron chi connectivity index (χ4n) is 2.31. The molecule has 3 amide bonds. The molecule has 0 bridgehead atoms. The van der Waals surface area contributed by atoms with Gasteiger partial charge in [0.15, 0.2) is 6.10 Å². The molecule has 0 fully saturated rings. The van der Waals surface area contributed by atoms with Crippen molar-refractivity contribution in [1.29, 1.82) is 0 Å². The van der Waals surface area contributed by atoms with Gasteiger partial charge in [-0.25, -0.2) is 4.79 Å². The number of nitrogens with two attached hydrogens (primary N) is 3. The van der Waals surface area contributed by atoms with Gasteiger partial charge in [-0.15, -0.1) is 0 Å². The predicted octanol–water partition coefficient (Wildman–Crippen LogP) is 1.22. The van der Waals surface area contributed by atoms with Crippen LogP contribution in [-0.4, -0.2) is 29.8 Å². The summed E-state index contributed by atoms with van der Waals surface area (Å²) in [5.41, 5.74) is 17.1. The van der Waals surface area contributed by atoms with Crippen LogP contribution in [0.15, 0.2) is 0 Å². The van der Waals surface area contributed by atoms with Crippen LogP contribution in [0.3, 0.4) is 0 Å². The zero-order valence-corrected chi connectivity index (χ0v) is 20.9. The van der Waals surface area contributed by atoms with Crippen LogP contribution in [-0.2, 0) is 32.0 Å². The van der Waals surface area contributed by atoms with Crippen LogP contribution in [0.1, 0.15) is 35.3 Å². The van der Waals surface area contributed by atoms with Crippen LogP contribution in [0.4, 0.5) is 0 Å². The normalized spacial score (nSPS) is 11.9. The van der Waals surface area contributed by atoms with Gasteiger partial charge in [0.2, 0.25) is 11.8 Å². The van der Waals surface area contributed by atoms with E-state index in [0.29, 0.717) is 21.8 Å². The molecule has 0 heterocycles. The van der Waals surface area contributed by atoms with Gasteiger partial charge in [0, 0.05) is 10.7 Å². The van der Waals surface area contributed by atoms with Crippen molar-refractivity contribution in [2.45, 2.75) is 32.8 Å². The van der Waals surface area contributed by atoms with Crippen LogP contribution >= 0.6 is 67.8 Å². The summed E-state index contributed by atoms with van der Waals surface area (Å²) >= 11 is 5.84. The number of amides is 3. The summed E-state index contributed by atoms with van der Waals surface area (Å²) in [4.78, 5) is 47.3. The molecule has 0 aliphatic rings. The summed E-state index contributed by atoms with van der Waals surface area (Å²) in [6.45, 7) is 3.40. The Morgan fingerprint density at radius 2 is 1.26 bits per heavy atom. The second-order valence-electron chi connectivity index (χ2n) is 6.03. The summed E-state index contributed by atoms with van der Waals surface area (Å²) in [5, 5.41) is 0. The third kappa shape index (κ3) is 6.13. The van der Waals surface area contributed by atoms with Gasteiger partial charge in [0.25, 0.3) is 5.91 Å². The first-order valence-corrected chi connectivity index (χ1v) is 10.9. The minimum atomic E-state index is -1.11. The lowest BCUT2D eigenvalue weighted by atomic mass is 10.0. The molecule has 0 saturated carbocycles. The largest absolute Gasteiger partial charge is 0.448 e. The predicted molar refractivity (Wildman–Crippen MR) is 124 cm³/mol. The van der Waals surface area contributed by atoms with Gasteiger partial charge < -0.3 is 21.9 Å². The first-order chi connectivity index (χ1) is 12.4. The summed E-state index contributed by atoms with van der Waals surface area (Å²) in [6.07, 6.45) is -1.35. The monoisotopic (exact) mass is 713 g/mol. The van der Waals surface area contributed by atoms with Crippen molar-refractivity contribution < 1.29 is 23.9 Å². The standard InChI is InChI=1S/C16H18I3N3O5/c1-5(2)14(15(22)25)27-16(26)10-12(18)6(3-8(20)23)11(17)7(13(10)19)4-9(21)24/h5,14H,3-4H2,1-2H3,(H2,20,23)(H2,21,24)(H2,22,25). The number of hydrogen-bond acceptors (Lipinski definition) is 5. The SMILES string of the molecule is CC(C)C(OC(=O)c1c(I)c(CC(N)=O)c(I)c(CC(N)=O)c1I)C(N)=O. The lowest BCUT2D eigenvalue weighted by molar-refractivity contribution is -0.128. The highest BCUT2D eigenvalue weighted by Gasteiger charge is 2.30. The highest BCUT2D eigenvalue weighted by molar-refractivity contribution is 14.1. The number of esters is 1. The number of primary amides is 3. The molecule has 1 unspecified atom stereocenters. The van der Waals surface area contributed by atoms with E-state index in [-0.39, 0.29) is 24.3 Å². The van der Waals surface area contributed by atoms with Gasteiger partial charge in [0.05, 0.1) is 18.4 Å². The maximum absolute atomic E-state index is 12.8. The van der Waals surface area contributed by atoms with Crippen molar-refractivity contribution >= 4 is 91.5 Å². The highest BCUT2D eigenvalue weighted by Crippen LogP contribution is 2.33. The van der Waals surface area contributed by atoms with E-state index in [9.17, 15) is 19.2 Å². The lowest BCUT2D eigenvalue weighted by Crippen LogP contribution is -2.37. The summed E-state index contributed by atoms with van der Waals surface area (Å²) in [6, 6.07) is 0. The number of carbonyl (C=O) groups excluding carboxylic acids is 4. The van der Waals surface area contributed by atoms with E-state index in [1.54, 1.807) is 13.8 Å². The van der Waals surface area contributed by atoms with E-state index in [1.807, 2.05) is 67.8 Å². The Bertz CT molecular complexity index is 768. The van der Waals surface area contributed by atoms with Crippen molar-refractivity contribution in [3.8, 4) is 0 Å². The molecule has 1 aromatic rings. The summed E-state index contributed by atoms with van der Waals surface area (Å²) in [5.74, 6) is -3.03. The van der Waals surface area contributed by atoms with E-state index in [2.05, 4.69) is 0 Å². The Kier molecular flexibility index (Phi) is 9.17. The molecule has 0 saturated heterocycles. The first-order valence-electron chi connectivity index (χ1n) is 7.63. The van der Waals surface area contributed by atoms with Gasteiger partial charge >= 0.3 is 5.97 Å². The van der Waals surface area contributed by atoms with Gasteiger partial charge in [-0.2, -0.15) is 0 Å². The van der Waals surface area contributed by atoms with E-state index in [1.165, 1.54) is 0 Å². The second-order valence-corrected chi connectivity index (χ2v) is 9.27. The van der Waals surface area contributed by atoms with Crippen molar-refractivity contribution in [2.75, 3.05) is 0 Å². The molecular formula is C16H18I3N3O5. The number of carbonyl (C=O) groups is 4. The molecule has 8 nitrogen and oxygen atoms in total. The van der Waals surface area contributed by atoms with Crippen LogP contribution in [0, 0.1) is 16.6 Å². The molecule has 1 aromatic carbocycles. The quantitative estimate of drug-likeness (QED) is 0.273. The smallest absolute Gasteiger partial charge is 0.341 e.